The van der Waals surface area contributed by atoms with Gasteiger partial charge >= 0.3 is 0 Å². The summed E-state index contributed by atoms with van der Waals surface area (Å²) in [5.74, 6) is 1.21. The minimum Gasteiger partial charge on any atom is -0.506 e. The second-order valence-corrected chi connectivity index (χ2v) is 4.13. The third kappa shape index (κ3) is 3.04. The van der Waals surface area contributed by atoms with E-state index in [4.69, 9.17) is 5.11 Å². The summed E-state index contributed by atoms with van der Waals surface area (Å²) in [6.07, 6.45) is 5.19. The molecule has 0 aliphatic rings. The molecular weight excluding hydrogens is 216 g/mol. The number of pyridine rings is 1. The van der Waals surface area contributed by atoms with Crippen molar-refractivity contribution < 1.29 is 5.11 Å². The van der Waals surface area contributed by atoms with Gasteiger partial charge < -0.3 is 9.67 Å². The lowest BCUT2D eigenvalue weighted by atomic mass is 10.3. The maximum atomic E-state index is 9.15. The second-order valence-electron chi connectivity index (χ2n) is 4.13. The molecule has 2 aromatic heterocycles. The van der Waals surface area contributed by atoms with Crippen LogP contribution in [-0.2, 0) is 20.1 Å². The molecule has 0 atom stereocenters. The minimum absolute atomic E-state index is 0.195. The maximum absolute atomic E-state index is 9.15. The molecule has 0 radical (unpaired) electrons. The first-order chi connectivity index (χ1) is 8.15. The molecule has 2 rings (SSSR count). The standard InChI is InChI=1S/C12H16N4O/c1-15(9-12-13-5-6-16(12)2)8-10-3-4-11(17)7-14-10/h3-7,17H,8-9H2,1-2H3. The monoisotopic (exact) mass is 232 g/mol. The highest BCUT2D eigenvalue weighted by molar-refractivity contribution is 5.17. The van der Waals surface area contributed by atoms with Crippen LogP contribution in [0.3, 0.4) is 0 Å². The molecule has 0 aliphatic carbocycles. The van der Waals surface area contributed by atoms with Gasteiger partial charge in [-0.25, -0.2) is 4.98 Å². The van der Waals surface area contributed by atoms with Gasteiger partial charge in [0.25, 0.3) is 0 Å². The van der Waals surface area contributed by atoms with Gasteiger partial charge in [-0.2, -0.15) is 0 Å². The summed E-state index contributed by atoms with van der Waals surface area (Å²) in [6, 6.07) is 3.47. The first kappa shape index (κ1) is 11.6. The fourth-order valence-electron chi connectivity index (χ4n) is 1.63. The molecule has 90 valence electrons. The van der Waals surface area contributed by atoms with Gasteiger partial charge in [0.2, 0.25) is 0 Å². The molecule has 2 heterocycles. The lowest BCUT2D eigenvalue weighted by Crippen LogP contribution is -2.20. The van der Waals surface area contributed by atoms with E-state index in [1.54, 1.807) is 12.3 Å². The number of nitrogens with zero attached hydrogens (tertiary/aromatic N) is 4. The molecule has 0 fully saturated rings. The Kier molecular flexibility index (Phi) is 3.39. The largest absolute Gasteiger partial charge is 0.506 e. The van der Waals surface area contributed by atoms with Crippen LogP contribution in [0.4, 0.5) is 0 Å². The number of aryl methyl sites for hydroxylation is 1. The fraction of sp³-hybridized carbons (Fsp3) is 0.333. The molecule has 5 nitrogen and oxygen atoms in total. The van der Waals surface area contributed by atoms with Crippen LogP contribution in [0.15, 0.2) is 30.7 Å². The molecule has 0 amide bonds. The van der Waals surface area contributed by atoms with E-state index in [9.17, 15) is 0 Å². The first-order valence-corrected chi connectivity index (χ1v) is 5.44. The highest BCUT2D eigenvalue weighted by atomic mass is 16.3. The Balaban J connectivity index is 1.95. The van der Waals surface area contributed by atoms with Crippen LogP contribution < -0.4 is 0 Å². The normalized spacial score (nSPS) is 11.0. The van der Waals surface area contributed by atoms with Crippen LogP contribution in [0.1, 0.15) is 11.5 Å². The number of rotatable bonds is 4. The Morgan fingerprint density at radius 2 is 2.12 bits per heavy atom. The molecule has 5 heteroatoms. The van der Waals surface area contributed by atoms with Gasteiger partial charge in [-0.1, -0.05) is 0 Å². The predicted octanol–water partition coefficient (Wildman–Crippen LogP) is 1.15. The second kappa shape index (κ2) is 4.97. The van der Waals surface area contributed by atoms with Gasteiger partial charge in [-0.05, 0) is 19.2 Å². The highest BCUT2D eigenvalue weighted by Crippen LogP contribution is 2.08. The van der Waals surface area contributed by atoms with E-state index in [1.165, 1.54) is 6.20 Å². The van der Waals surface area contributed by atoms with E-state index in [0.717, 1.165) is 24.6 Å². The van der Waals surface area contributed by atoms with E-state index in [0.29, 0.717) is 0 Å². The topological polar surface area (TPSA) is 54.2 Å². The molecule has 0 saturated heterocycles. The Hall–Kier alpha value is -1.88. The van der Waals surface area contributed by atoms with Crippen LogP contribution in [0.2, 0.25) is 0 Å². The first-order valence-electron chi connectivity index (χ1n) is 5.44. The summed E-state index contributed by atoms with van der Waals surface area (Å²) in [5.41, 5.74) is 0.930. The summed E-state index contributed by atoms with van der Waals surface area (Å²) in [5, 5.41) is 9.15. The Morgan fingerprint density at radius 1 is 1.29 bits per heavy atom. The molecule has 0 unspecified atom stereocenters. The van der Waals surface area contributed by atoms with Crippen LogP contribution >= 0.6 is 0 Å². The van der Waals surface area contributed by atoms with Gasteiger partial charge in [0.15, 0.2) is 0 Å². The molecule has 2 aromatic rings. The van der Waals surface area contributed by atoms with E-state index in [-0.39, 0.29) is 5.75 Å². The van der Waals surface area contributed by atoms with Gasteiger partial charge in [0.05, 0.1) is 18.4 Å². The SMILES string of the molecule is CN(Cc1ccc(O)cn1)Cc1nccn1C. The summed E-state index contributed by atoms with van der Waals surface area (Å²) >= 11 is 0. The van der Waals surface area contributed by atoms with Crippen molar-refractivity contribution in [3.63, 3.8) is 0 Å². The maximum Gasteiger partial charge on any atom is 0.133 e. The quantitative estimate of drug-likeness (QED) is 0.859. The number of hydrogen-bond donors (Lipinski definition) is 1. The summed E-state index contributed by atoms with van der Waals surface area (Å²) in [4.78, 5) is 10.6. The molecular formula is C12H16N4O. The zero-order valence-corrected chi connectivity index (χ0v) is 10.0. The van der Waals surface area contributed by atoms with Gasteiger partial charge in [-0.3, -0.25) is 9.88 Å². The Labute approximate surface area is 100 Å². The van der Waals surface area contributed by atoms with Crippen molar-refractivity contribution >= 4 is 0 Å². The van der Waals surface area contributed by atoms with Crippen molar-refractivity contribution in [3.8, 4) is 5.75 Å². The lowest BCUT2D eigenvalue weighted by Gasteiger charge is -2.15. The van der Waals surface area contributed by atoms with Gasteiger partial charge in [0.1, 0.15) is 11.6 Å². The molecule has 1 N–H and O–H groups in total. The summed E-state index contributed by atoms with van der Waals surface area (Å²) in [6.45, 7) is 1.50. The highest BCUT2D eigenvalue weighted by Gasteiger charge is 2.05. The molecule has 0 bridgehead atoms. The van der Waals surface area contributed by atoms with Crippen molar-refractivity contribution in [3.05, 3.63) is 42.2 Å². The molecule has 0 aliphatic heterocycles. The summed E-state index contributed by atoms with van der Waals surface area (Å²) < 4.78 is 2.00. The van der Waals surface area contributed by atoms with Crippen molar-refractivity contribution in [2.24, 2.45) is 7.05 Å². The summed E-state index contributed by atoms with van der Waals surface area (Å²) in [7, 11) is 4.00. The van der Waals surface area contributed by atoms with Crippen LogP contribution in [0, 0.1) is 0 Å². The molecule has 0 saturated carbocycles. The van der Waals surface area contributed by atoms with Crippen molar-refractivity contribution in [2.75, 3.05) is 7.05 Å². The molecule has 17 heavy (non-hydrogen) atoms. The van der Waals surface area contributed by atoms with Crippen LogP contribution in [-0.4, -0.2) is 31.6 Å². The third-order valence-electron chi connectivity index (χ3n) is 2.57. The van der Waals surface area contributed by atoms with E-state index in [1.807, 2.05) is 30.9 Å². The van der Waals surface area contributed by atoms with Gasteiger partial charge in [0, 0.05) is 26.0 Å². The molecule has 0 aromatic carbocycles. The Bertz CT molecular complexity index is 478. The van der Waals surface area contributed by atoms with Crippen LogP contribution in [0.5, 0.6) is 5.75 Å². The fourth-order valence-corrected chi connectivity index (χ4v) is 1.63. The number of imidazole rings is 1. The lowest BCUT2D eigenvalue weighted by molar-refractivity contribution is 0.303. The van der Waals surface area contributed by atoms with E-state index < -0.39 is 0 Å². The van der Waals surface area contributed by atoms with E-state index >= 15 is 0 Å². The number of aromatic nitrogens is 3. The smallest absolute Gasteiger partial charge is 0.133 e. The number of aromatic hydroxyl groups is 1. The predicted molar refractivity (Wildman–Crippen MR) is 64.3 cm³/mol. The van der Waals surface area contributed by atoms with E-state index in [2.05, 4.69) is 14.9 Å². The zero-order chi connectivity index (χ0) is 12.3. The van der Waals surface area contributed by atoms with Gasteiger partial charge in [-0.15, -0.1) is 0 Å². The van der Waals surface area contributed by atoms with Crippen LogP contribution in [0.25, 0.3) is 0 Å². The zero-order valence-electron chi connectivity index (χ0n) is 10.0. The van der Waals surface area contributed by atoms with Crippen molar-refractivity contribution in [2.45, 2.75) is 13.1 Å². The van der Waals surface area contributed by atoms with Crippen molar-refractivity contribution in [1.29, 1.82) is 0 Å². The van der Waals surface area contributed by atoms with Crippen molar-refractivity contribution in [1.82, 2.24) is 19.4 Å². The third-order valence-corrected chi connectivity index (χ3v) is 2.57. The molecule has 0 spiro atoms. The average Bonchev–Trinajstić information content (AvgIpc) is 2.68. The minimum atomic E-state index is 0.195. The number of hydrogen-bond acceptors (Lipinski definition) is 4. The Morgan fingerprint density at radius 3 is 2.71 bits per heavy atom. The average molecular weight is 232 g/mol.